The smallest absolute Gasteiger partial charge is 0.416 e. The van der Waals surface area contributed by atoms with Crippen molar-refractivity contribution in [2.45, 2.75) is 11.4 Å². The van der Waals surface area contributed by atoms with Gasteiger partial charge < -0.3 is 9.52 Å². The molecule has 0 saturated carbocycles. The molecule has 0 spiro atoms. The van der Waals surface area contributed by atoms with Gasteiger partial charge in [-0.2, -0.15) is 13.2 Å². The number of halogens is 3. The average molecular weight is 304 g/mol. The van der Waals surface area contributed by atoms with Crippen LogP contribution in [0.4, 0.5) is 13.2 Å². The zero-order valence-corrected chi connectivity index (χ0v) is 10.5. The Kier molecular flexibility index (Phi) is 3.98. The third kappa shape index (κ3) is 3.50. The first-order valence-electron chi connectivity index (χ1n) is 5.22. The van der Waals surface area contributed by atoms with E-state index in [1.165, 1.54) is 12.1 Å². The molecule has 5 nitrogen and oxygen atoms in total. The lowest BCUT2D eigenvalue weighted by Crippen LogP contribution is -2.03. The summed E-state index contributed by atoms with van der Waals surface area (Å²) in [6.07, 6.45) is -4.41. The number of carboxylic acid groups (broad SMARTS) is 1. The number of hydrogen-bond acceptors (Lipinski definition) is 5. The first-order chi connectivity index (χ1) is 9.36. The van der Waals surface area contributed by atoms with Crippen molar-refractivity contribution in [1.29, 1.82) is 0 Å². The maximum absolute atomic E-state index is 12.4. The fraction of sp³-hybridized carbons (Fsp3) is 0.182. The van der Waals surface area contributed by atoms with Gasteiger partial charge in [-0.05, 0) is 24.3 Å². The van der Waals surface area contributed by atoms with Crippen LogP contribution in [0.1, 0.15) is 5.56 Å². The maximum Gasteiger partial charge on any atom is 0.416 e. The molecule has 0 amide bonds. The van der Waals surface area contributed by atoms with E-state index < -0.39 is 17.7 Å². The quantitative estimate of drug-likeness (QED) is 0.875. The molecule has 1 aromatic carbocycles. The summed E-state index contributed by atoms with van der Waals surface area (Å²) in [5, 5.41) is 15.8. The van der Waals surface area contributed by atoms with Gasteiger partial charge in [0.1, 0.15) is 5.75 Å². The van der Waals surface area contributed by atoms with E-state index in [1.54, 1.807) is 0 Å². The summed E-state index contributed by atoms with van der Waals surface area (Å²) in [6, 6.07) is 4.23. The van der Waals surface area contributed by atoms with Crippen LogP contribution in [-0.4, -0.2) is 27.0 Å². The van der Waals surface area contributed by atoms with Gasteiger partial charge in [0, 0.05) is 5.56 Å². The van der Waals surface area contributed by atoms with Crippen LogP contribution >= 0.6 is 11.8 Å². The summed E-state index contributed by atoms with van der Waals surface area (Å²) in [7, 11) is 0. The summed E-state index contributed by atoms with van der Waals surface area (Å²) in [5.41, 5.74) is -0.450. The van der Waals surface area contributed by atoms with E-state index in [1.807, 2.05) is 0 Å². The van der Waals surface area contributed by atoms with E-state index in [4.69, 9.17) is 9.52 Å². The number of carbonyl (C=O) groups is 1. The number of aliphatic carboxylic acids is 1. The largest absolute Gasteiger partial charge is 0.481 e. The van der Waals surface area contributed by atoms with Gasteiger partial charge in [-0.1, -0.05) is 11.8 Å². The van der Waals surface area contributed by atoms with Crippen LogP contribution in [0, 0.1) is 0 Å². The molecule has 2 rings (SSSR count). The number of benzene rings is 1. The molecule has 0 bridgehead atoms. The van der Waals surface area contributed by atoms with Gasteiger partial charge in [-0.3, -0.25) is 4.79 Å². The Labute approximate surface area is 114 Å². The Bertz CT molecular complexity index is 610. The molecular formula is C11H7F3N2O3S. The summed E-state index contributed by atoms with van der Waals surface area (Å²) in [6.45, 7) is 0. The van der Waals surface area contributed by atoms with Crippen LogP contribution < -0.4 is 0 Å². The molecule has 0 atom stereocenters. The Balaban J connectivity index is 2.14. The monoisotopic (exact) mass is 304 g/mol. The van der Waals surface area contributed by atoms with Crippen LogP contribution in [0.15, 0.2) is 33.9 Å². The Morgan fingerprint density at radius 2 is 1.90 bits per heavy atom. The SMILES string of the molecule is O=C(O)CSc1nnc(-c2ccc(C(F)(F)F)cc2)o1. The normalized spacial score (nSPS) is 11.6. The van der Waals surface area contributed by atoms with Gasteiger partial charge >= 0.3 is 12.1 Å². The van der Waals surface area contributed by atoms with Crippen LogP contribution in [0.2, 0.25) is 0 Å². The second-order valence-electron chi connectivity index (χ2n) is 3.63. The fourth-order valence-corrected chi connectivity index (χ4v) is 1.79. The highest BCUT2D eigenvalue weighted by Crippen LogP contribution is 2.31. The number of thioether (sulfide) groups is 1. The molecule has 0 aliphatic carbocycles. The van der Waals surface area contributed by atoms with E-state index in [0.717, 1.165) is 23.9 Å². The van der Waals surface area contributed by atoms with Gasteiger partial charge in [0.25, 0.3) is 5.22 Å². The predicted molar refractivity (Wildman–Crippen MR) is 63.1 cm³/mol. The fourth-order valence-electron chi connectivity index (χ4n) is 1.31. The minimum absolute atomic E-state index is 0.0339. The molecule has 106 valence electrons. The molecule has 0 radical (unpaired) electrons. The van der Waals surface area contributed by atoms with Crippen LogP contribution in [-0.2, 0) is 11.0 Å². The summed E-state index contributed by atoms with van der Waals surface area (Å²) in [4.78, 5) is 10.4. The third-order valence-electron chi connectivity index (χ3n) is 2.18. The summed E-state index contributed by atoms with van der Waals surface area (Å²) < 4.78 is 42.3. The number of nitrogens with zero attached hydrogens (tertiary/aromatic N) is 2. The van der Waals surface area contributed by atoms with Crippen molar-refractivity contribution >= 4 is 17.7 Å². The second-order valence-corrected chi connectivity index (χ2v) is 4.56. The first kappa shape index (κ1) is 14.4. The van der Waals surface area contributed by atoms with Crippen molar-refractivity contribution < 1.29 is 27.5 Å². The highest BCUT2D eigenvalue weighted by atomic mass is 32.2. The van der Waals surface area contributed by atoms with Crippen molar-refractivity contribution in [3.05, 3.63) is 29.8 Å². The van der Waals surface area contributed by atoms with Crippen molar-refractivity contribution in [2.75, 3.05) is 5.75 Å². The zero-order valence-electron chi connectivity index (χ0n) is 9.72. The second kappa shape index (κ2) is 5.53. The molecule has 0 aliphatic heterocycles. The van der Waals surface area contributed by atoms with Crippen LogP contribution in [0.25, 0.3) is 11.5 Å². The van der Waals surface area contributed by atoms with E-state index in [0.29, 0.717) is 5.56 Å². The van der Waals surface area contributed by atoms with Gasteiger partial charge in [-0.15, -0.1) is 10.2 Å². The number of alkyl halides is 3. The zero-order chi connectivity index (χ0) is 14.8. The van der Waals surface area contributed by atoms with Crippen molar-refractivity contribution in [3.8, 4) is 11.5 Å². The minimum atomic E-state index is -4.41. The summed E-state index contributed by atoms with van der Waals surface area (Å²) in [5.74, 6) is -1.25. The molecular weight excluding hydrogens is 297 g/mol. The van der Waals surface area contributed by atoms with Crippen molar-refractivity contribution in [1.82, 2.24) is 10.2 Å². The highest BCUT2D eigenvalue weighted by Gasteiger charge is 2.30. The molecule has 20 heavy (non-hydrogen) atoms. The van der Waals surface area contributed by atoms with Crippen molar-refractivity contribution in [2.24, 2.45) is 0 Å². The van der Waals surface area contributed by atoms with E-state index in [-0.39, 0.29) is 16.9 Å². The number of hydrogen-bond donors (Lipinski definition) is 1. The topological polar surface area (TPSA) is 76.2 Å². The minimum Gasteiger partial charge on any atom is -0.481 e. The lowest BCUT2D eigenvalue weighted by Gasteiger charge is -2.05. The molecule has 2 aromatic rings. The molecule has 1 N–H and O–H groups in total. The Hall–Kier alpha value is -2.03. The molecule has 1 aromatic heterocycles. The van der Waals surface area contributed by atoms with E-state index in [2.05, 4.69) is 10.2 Å². The molecule has 9 heteroatoms. The third-order valence-corrected chi connectivity index (χ3v) is 2.99. The lowest BCUT2D eigenvalue weighted by atomic mass is 10.1. The lowest BCUT2D eigenvalue weighted by molar-refractivity contribution is -0.137. The Morgan fingerprint density at radius 1 is 1.25 bits per heavy atom. The predicted octanol–water partition coefficient (Wildman–Crippen LogP) is 2.93. The Morgan fingerprint density at radius 3 is 2.45 bits per heavy atom. The average Bonchev–Trinajstić information content (AvgIpc) is 2.84. The van der Waals surface area contributed by atoms with Crippen LogP contribution in [0.3, 0.4) is 0 Å². The number of rotatable bonds is 4. The standard InChI is InChI=1S/C11H7F3N2O3S/c12-11(13,14)7-3-1-6(2-4-7)9-15-16-10(19-9)20-5-8(17)18/h1-4H,5H2,(H,17,18). The van der Waals surface area contributed by atoms with Gasteiger partial charge in [0.05, 0.1) is 5.56 Å². The number of carboxylic acids is 1. The maximum atomic E-state index is 12.4. The van der Waals surface area contributed by atoms with Gasteiger partial charge in [-0.25, -0.2) is 0 Å². The summed E-state index contributed by atoms with van der Waals surface area (Å²) >= 11 is 0.832. The molecule has 0 unspecified atom stereocenters. The molecule has 0 aliphatic rings. The first-order valence-corrected chi connectivity index (χ1v) is 6.20. The van der Waals surface area contributed by atoms with E-state index in [9.17, 15) is 18.0 Å². The molecule has 0 fully saturated rings. The molecule has 1 heterocycles. The van der Waals surface area contributed by atoms with Gasteiger partial charge in [0.2, 0.25) is 5.89 Å². The van der Waals surface area contributed by atoms with Gasteiger partial charge in [0.15, 0.2) is 0 Å². The molecule has 0 saturated heterocycles. The van der Waals surface area contributed by atoms with Crippen LogP contribution in [0.5, 0.6) is 0 Å². The highest BCUT2D eigenvalue weighted by molar-refractivity contribution is 7.99. The van der Waals surface area contributed by atoms with E-state index >= 15 is 0 Å². The number of aromatic nitrogens is 2. The van der Waals surface area contributed by atoms with Crippen molar-refractivity contribution in [3.63, 3.8) is 0 Å².